The van der Waals surface area contributed by atoms with E-state index in [0.717, 1.165) is 4.88 Å². The van der Waals surface area contributed by atoms with Crippen molar-refractivity contribution >= 4 is 46.1 Å². The molecule has 2 aromatic carbocycles. The van der Waals surface area contributed by atoms with Crippen LogP contribution in [0.1, 0.15) is 10.4 Å². The lowest BCUT2D eigenvalue weighted by Crippen LogP contribution is -2.38. The van der Waals surface area contributed by atoms with Gasteiger partial charge in [0.25, 0.3) is 5.91 Å². The van der Waals surface area contributed by atoms with Gasteiger partial charge in [-0.1, -0.05) is 23.7 Å². The Morgan fingerprint density at radius 3 is 2.86 bits per heavy atom. The van der Waals surface area contributed by atoms with Crippen molar-refractivity contribution in [3.8, 4) is 5.75 Å². The van der Waals surface area contributed by atoms with E-state index in [1.807, 2.05) is 17.5 Å². The lowest BCUT2D eigenvalue weighted by Gasteiger charge is -2.30. The molecule has 1 aromatic heterocycles. The van der Waals surface area contributed by atoms with E-state index in [0.29, 0.717) is 17.1 Å². The zero-order valence-electron chi connectivity index (χ0n) is 15.2. The van der Waals surface area contributed by atoms with Gasteiger partial charge in [-0.3, -0.25) is 9.59 Å². The van der Waals surface area contributed by atoms with Crippen LogP contribution in [0.5, 0.6) is 5.75 Å². The zero-order valence-corrected chi connectivity index (χ0v) is 16.7. The third-order valence-electron chi connectivity index (χ3n) is 4.48. The summed E-state index contributed by atoms with van der Waals surface area (Å²) in [5.41, 5.74) is 1.20. The summed E-state index contributed by atoms with van der Waals surface area (Å²) in [5.74, 6) is -0.495. The average molecular weight is 431 g/mol. The van der Waals surface area contributed by atoms with Crippen LogP contribution in [0, 0.1) is 5.82 Å². The highest BCUT2D eigenvalue weighted by molar-refractivity contribution is 7.10. The first-order valence-corrected chi connectivity index (χ1v) is 10.1. The van der Waals surface area contributed by atoms with Crippen molar-refractivity contribution in [3.05, 3.63) is 75.2 Å². The van der Waals surface area contributed by atoms with E-state index in [4.69, 9.17) is 16.3 Å². The summed E-state index contributed by atoms with van der Waals surface area (Å²) in [5, 5.41) is 4.98. The first-order valence-electron chi connectivity index (χ1n) is 8.83. The molecule has 148 valence electrons. The first kappa shape index (κ1) is 19.4. The van der Waals surface area contributed by atoms with E-state index in [-0.39, 0.29) is 42.0 Å². The standard InChI is InChI=1S/C21H16ClFN2O3S/c22-16-4-1-5-17(23)15(16)11-25-18-9-13(6-7-19(18)28-12-21(25)27)24-20(26)10-14-3-2-8-29-14/h1-9H,10-12H2,(H,24,26). The van der Waals surface area contributed by atoms with Gasteiger partial charge in [-0.15, -0.1) is 11.3 Å². The van der Waals surface area contributed by atoms with Crippen molar-refractivity contribution in [1.29, 1.82) is 0 Å². The lowest BCUT2D eigenvalue weighted by atomic mass is 10.1. The summed E-state index contributed by atoms with van der Waals surface area (Å²) in [6.45, 7) is -0.184. The monoisotopic (exact) mass is 430 g/mol. The Bertz CT molecular complexity index is 1050. The fourth-order valence-corrected chi connectivity index (χ4v) is 4.00. The van der Waals surface area contributed by atoms with Crippen molar-refractivity contribution in [2.75, 3.05) is 16.8 Å². The fourth-order valence-electron chi connectivity index (χ4n) is 3.07. The number of benzene rings is 2. The third-order valence-corrected chi connectivity index (χ3v) is 5.71. The minimum absolute atomic E-state index is 0.0344. The van der Waals surface area contributed by atoms with Gasteiger partial charge in [0, 0.05) is 21.2 Å². The second-order valence-corrected chi connectivity index (χ2v) is 7.90. The van der Waals surface area contributed by atoms with Crippen molar-refractivity contribution in [3.63, 3.8) is 0 Å². The number of halogens is 2. The Morgan fingerprint density at radius 2 is 2.10 bits per heavy atom. The molecule has 29 heavy (non-hydrogen) atoms. The highest BCUT2D eigenvalue weighted by Crippen LogP contribution is 2.36. The smallest absolute Gasteiger partial charge is 0.265 e. The summed E-state index contributed by atoms with van der Waals surface area (Å²) in [4.78, 5) is 27.1. The maximum Gasteiger partial charge on any atom is 0.265 e. The summed E-state index contributed by atoms with van der Waals surface area (Å²) < 4.78 is 19.7. The van der Waals surface area contributed by atoms with Crippen LogP contribution in [0.3, 0.4) is 0 Å². The number of nitrogens with zero attached hydrogens (tertiary/aromatic N) is 1. The molecular weight excluding hydrogens is 415 g/mol. The van der Waals surface area contributed by atoms with Gasteiger partial charge in [-0.2, -0.15) is 0 Å². The second kappa shape index (κ2) is 8.23. The quantitative estimate of drug-likeness (QED) is 0.641. The van der Waals surface area contributed by atoms with Crippen molar-refractivity contribution in [1.82, 2.24) is 0 Å². The number of rotatable bonds is 5. The van der Waals surface area contributed by atoms with Gasteiger partial charge >= 0.3 is 0 Å². The number of amides is 2. The topological polar surface area (TPSA) is 58.6 Å². The van der Waals surface area contributed by atoms with E-state index in [9.17, 15) is 14.0 Å². The van der Waals surface area contributed by atoms with Gasteiger partial charge in [0.2, 0.25) is 5.91 Å². The highest BCUT2D eigenvalue weighted by Gasteiger charge is 2.27. The van der Waals surface area contributed by atoms with Crippen LogP contribution >= 0.6 is 22.9 Å². The van der Waals surface area contributed by atoms with Crippen LogP contribution in [0.2, 0.25) is 5.02 Å². The third kappa shape index (κ3) is 4.26. The van der Waals surface area contributed by atoms with Gasteiger partial charge in [-0.25, -0.2) is 4.39 Å². The molecule has 3 aromatic rings. The summed E-state index contributed by atoms with van der Waals surface area (Å²) >= 11 is 7.63. The molecule has 0 fully saturated rings. The van der Waals surface area contributed by atoms with Gasteiger partial charge in [0.1, 0.15) is 11.6 Å². The molecule has 1 N–H and O–H groups in total. The normalized spacial score (nSPS) is 13.0. The molecule has 0 aliphatic carbocycles. The predicted molar refractivity (Wildman–Crippen MR) is 111 cm³/mol. The number of anilines is 2. The number of hydrogen-bond acceptors (Lipinski definition) is 4. The molecule has 0 bridgehead atoms. The highest BCUT2D eigenvalue weighted by atomic mass is 35.5. The molecule has 1 aliphatic heterocycles. The number of nitrogens with one attached hydrogen (secondary N) is 1. The van der Waals surface area contributed by atoms with Gasteiger partial charge in [0.15, 0.2) is 6.61 Å². The molecule has 2 amide bonds. The molecule has 0 radical (unpaired) electrons. The van der Waals surface area contributed by atoms with Crippen LogP contribution in [0.15, 0.2) is 53.9 Å². The Balaban J connectivity index is 1.59. The molecule has 4 rings (SSSR count). The molecule has 2 heterocycles. The van der Waals surface area contributed by atoms with Gasteiger partial charge < -0.3 is 15.0 Å². The Morgan fingerprint density at radius 1 is 1.24 bits per heavy atom. The van der Waals surface area contributed by atoms with E-state index in [2.05, 4.69) is 5.32 Å². The van der Waals surface area contributed by atoms with Crippen molar-refractivity contribution in [2.45, 2.75) is 13.0 Å². The number of hydrogen-bond donors (Lipinski definition) is 1. The Kier molecular flexibility index (Phi) is 5.51. The van der Waals surface area contributed by atoms with E-state index in [1.165, 1.54) is 28.4 Å². The molecule has 0 atom stereocenters. The maximum atomic E-state index is 14.2. The molecule has 1 aliphatic rings. The van der Waals surface area contributed by atoms with Crippen LogP contribution in [-0.4, -0.2) is 18.4 Å². The molecule has 0 saturated heterocycles. The summed E-state index contributed by atoms with van der Waals surface area (Å²) in [7, 11) is 0. The molecular formula is C21H16ClFN2O3S. The lowest BCUT2D eigenvalue weighted by molar-refractivity contribution is -0.121. The van der Waals surface area contributed by atoms with Crippen LogP contribution in [0.4, 0.5) is 15.8 Å². The molecule has 8 heteroatoms. The van der Waals surface area contributed by atoms with Crippen LogP contribution in [0.25, 0.3) is 0 Å². The number of carbonyl (C=O) groups excluding carboxylic acids is 2. The second-order valence-electron chi connectivity index (χ2n) is 6.46. The Labute approximate surface area is 175 Å². The average Bonchev–Trinajstić information content (AvgIpc) is 3.19. The van der Waals surface area contributed by atoms with Gasteiger partial charge in [0.05, 0.1) is 18.7 Å². The number of fused-ring (bicyclic) bond motifs is 1. The maximum absolute atomic E-state index is 14.2. The molecule has 0 unspecified atom stereocenters. The van der Waals surface area contributed by atoms with Gasteiger partial charge in [-0.05, 0) is 41.8 Å². The summed E-state index contributed by atoms with van der Waals surface area (Å²) in [6, 6.07) is 13.2. The predicted octanol–water partition coefficient (Wildman–Crippen LogP) is 4.65. The number of carbonyl (C=O) groups is 2. The Hall–Kier alpha value is -2.90. The van der Waals surface area contributed by atoms with Crippen LogP contribution < -0.4 is 15.0 Å². The summed E-state index contributed by atoms with van der Waals surface area (Å²) in [6.07, 6.45) is 0.263. The van der Waals surface area contributed by atoms with E-state index >= 15 is 0 Å². The zero-order chi connectivity index (χ0) is 20.4. The fraction of sp³-hybridized carbons (Fsp3) is 0.143. The molecule has 0 saturated carbocycles. The van der Waals surface area contributed by atoms with Crippen molar-refractivity contribution < 1.29 is 18.7 Å². The molecule has 5 nitrogen and oxygen atoms in total. The number of thiophene rings is 1. The van der Waals surface area contributed by atoms with E-state index < -0.39 is 5.82 Å². The first-order chi connectivity index (χ1) is 14.0. The van der Waals surface area contributed by atoms with Crippen molar-refractivity contribution in [2.24, 2.45) is 0 Å². The minimum atomic E-state index is -0.487. The SMILES string of the molecule is O=C(Cc1cccs1)Nc1ccc2c(c1)N(Cc1c(F)cccc1Cl)C(=O)CO2. The largest absolute Gasteiger partial charge is 0.482 e. The minimum Gasteiger partial charge on any atom is -0.482 e. The van der Waals surface area contributed by atoms with E-state index in [1.54, 1.807) is 24.3 Å². The molecule has 0 spiro atoms. The number of ether oxygens (including phenoxy) is 1. The van der Waals surface area contributed by atoms with Crippen LogP contribution in [-0.2, 0) is 22.6 Å².